The predicted octanol–water partition coefficient (Wildman–Crippen LogP) is 6.21. The fourth-order valence-corrected chi connectivity index (χ4v) is 4.43. The molecular formula is C29H28FN5O2. The first-order valence-electron chi connectivity index (χ1n) is 12.2. The third-order valence-corrected chi connectivity index (χ3v) is 6.32. The Balaban J connectivity index is 1.63. The topological polar surface area (TPSA) is 109 Å². The summed E-state index contributed by atoms with van der Waals surface area (Å²) in [6.07, 6.45) is 4.00. The van der Waals surface area contributed by atoms with Crippen LogP contribution in [-0.4, -0.2) is 26.7 Å². The second-order valence-electron chi connectivity index (χ2n) is 8.69. The van der Waals surface area contributed by atoms with Crippen molar-refractivity contribution in [2.45, 2.75) is 26.3 Å². The van der Waals surface area contributed by atoms with Gasteiger partial charge in [0.05, 0.1) is 18.5 Å². The number of nitrogen functional groups attached to an aromatic ring is 1. The zero-order valence-electron chi connectivity index (χ0n) is 20.6. The van der Waals surface area contributed by atoms with Crippen molar-refractivity contribution in [2.24, 2.45) is 0 Å². The van der Waals surface area contributed by atoms with E-state index in [0.29, 0.717) is 41.5 Å². The third kappa shape index (κ3) is 4.78. The molecular weight excluding hydrogens is 469 g/mol. The van der Waals surface area contributed by atoms with E-state index in [1.165, 1.54) is 0 Å². The van der Waals surface area contributed by atoms with Gasteiger partial charge in [-0.25, -0.2) is 14.4 Å². The number of nitrogens with two attached hydrogens (primary N) is 1. The Labute approximate surface area is 214 Å². The maximum atomic E-state index is 15.8. The number of imidazole rings is 1. The van der Waals surface area contributed by atoms with E-state index in [1.807, 2.05) is 50.2 Å². The fraction of sp³-hybridized carbons (Fsp3) is 0.172. The van der Waals surface area contributed by atoms with Gasteiger partial charge >= 0.3 is 0 Å². The number of halogens is 1. The second kappa shape index (κ2) is 10.2. The number of rotatable bonds is 8. The van der Waals surface area contributed by atoms with Crippen LogP contribution in [0.15, 0.2) is 73.1 Å². The summed E-state index contributed by atoms with van der Waals surface area (Å²) in [6, 6.07) is 17.5. The van der Waals surface area contributed by atoms with Crippen molar-refractivity contribution in [2.75, 3.05) is 17.7 Å². The summed E-state index contributed by atoms with van der Waals surface area (Å²) in [7, 11) is 0. The molecule has 5 rings (SSSR count). The van der Waals surface area contributed by atoms with Gasteiger partial charge in [0.15, 0.2) is 11.6 Å². The molecule has 1 atom stereocenters. The number of aryl methyl sites for hydroxylation is 1. The van der Waals surface area contributed by atoms with Crippen molar-refractivity contribution in [1.82, 2.24) is 15.0 Å². The molecule has 0 radical (unpaired) electrons. The van der Waals surface area contributed by atoms with Crippen molar-refractivity contribution < 1.29 is 14.2 Å². The summed E-state index contributed by atoms with van der Waals surface area (Å²) in [4.78, 5) is 12.0. The number of anilines is 2. The maximum absolute atomic E-state index is 15.8. The number of nitrogens with one attached hydrogen (secondary N) is 2. The number of phenols is 1. The Morgan fingerprint density at radius 3 is 2.70 bits per heavy atom. The highest BCUT2D eigenvalue weighted by molar-refractivity contribution is 5.93. The molecule has 2 aromatic heterocycles. The van der Waals surface area contributed by atoms with Crippen molar-refractivity contribution in [3.8, 4) is 22.8 Å². The number of hydrogen-bond donors (Lipinski definition) is 4. The number of phenolic OH excluding ortho intramolecular Hbond substituents is 1. The number of para-hydroxylation sites is 1. The summed E-state index contributed by atoms with van der Waals surface area (Å²) < 4.78 is 21.5. The number of aromatic amines is 1. The molecule has 8 heteroatoms. The highest BCUT2D eigenvalue weighted by atomic mass is 19.1. The van der Waals surface area contributed by atoms with Crippen LogP contribution in [0.4, 0.5) is 15.9 Å². The lowest BCUT2D eigenvalue weighted by Gasteiger charge is -2.22. The Morgan fingerprint density at radius 2 is 1.92 bits per heavy atom. The molecule has 0 saturated heterocycles. The largest absolute Gasteiger partial charge is 0.507 e. The fourth-order valence-electron chi connectivity index (χ4n) is 4.43. The molecule has 0 fully saturated rings. The van der Waals surface area contributed by atoms with Crippen LogP contribution in [0.1, 0.15) is 36.8 Å². The molecule has 0 saturated carbocycles. The lowest BCUT2D eigenvalue weighted by atomic mass is 9.99. The summed E-state index contributed by atoms with van der Waals surface area (Å²) >= 11 is 0. The minimum atomic E-state index is -0.679. The number of H-pyrrole nitrogens is 1. The molecule has 0 aliphatic carbocycles. The van der Waals surface area contributed by atoms with E-state index in [9.17, 15) is 5.11 Å². The summed E-state index contributed by atoms with van der Waals surface area (Å²) in [5.74, 6) is 0.810. The smallest absolute Gasteiger partial charge is 0.170 e. The van der Waals surface area contributed by atoms with Crippen LogP contribution in [0.2, 0.25) is 0 Å². The highest BCUT2D eigenvalue weighted by Crippen LogP contribution is 2.35. The molecule has 5 aromatic rings. The molecule has 0 aliphatic rings. The molecule has 0 amide bonds. The minimum absolute atomic E-state index is 0.126. The molecule has 2 heterocycles. The Bertz CT molecular complexity index is 1570. The zero-order chi connectivity index (χ0) is 25.9. The molecule has 3 aromatic carbocycles. The van der Waals surface area contributed by atoms with E-state index in [4.69, 9.17) is 10.5 Å². The Morgan fingerprint density at radius 1 is 1.08 bits per heavy atom. The van der Waals surface area contributed by atoms with Crippen molar-refractivity contribution >= 4 is 22.3 Å². The molecule has 0 spiro atoms. The van der Waals surface area contributed by atoms with Gasteiger partial charge in [-0.1, -0.05) is 25.1 Å². The van der Waals surface area contributed by atoms with E-state index in [-0.39, 0.29) is 11.5 Å². The Hall–Kier alpha value is -4.59. The summed E-state index contributed by atoms with van der Waals surface area (Å²) in [5.41, 5.74) is 9.34. The van der Waals surface area contributed by atoms with E-state index in [0.717, 1.165) is 22.0 Å². The van der Waals surface area contributed by atoms with Gasteiger partial charge in [-0.15, -0.1) is 0 Å². The first-order valence-corrected chi connectivity index (χ1v) is 12.2. The van der Waals surface area contributed by atoms with E-state index in [1.54, 1.807) is 36.7 Å². The van der Waals surface area contributed by atoms with E-state index < -0.39 is 11.9 Å². The van der Waals surface area contributed by atoms with Crippen LogP contribution in [-0.2, 0) is 6.42 Å². The molecule has 0 bridgehead atoms. The lowest BCUT2D eigenvalue weighted by Crippen LogP contribution is -2.17. The molecule has 188 valence electrons. The number of ether oxygens (including phenoxy) is 1. The summed E-state index contributed by atoms with van der Waals surface area (Å²) in [5, 5.41) is 15.5. The maximum Gasteiger partial charge on any atom is 0.170 e. The number of nitrogens with zero attached hydrogens (tertiary/aromatic N) is 2. The average Bonchev–Trinajstić information content (AvgIpc) is 3.39. The van der Waals surface area contributed by atoms with Gasteiger partial charge < -0.3 is 25.9 Å². The van der Waals surface area contributed by atoms with Crippen LogP contribution in [0.3, 0.4) is 0 Å². The third-order valence-electron chi connectivity index (χ3n) is 6.32. The molecule has 1 unspecified atom stereocenters. The lowest BCUT2D eigenvalue weighted by molar-refractivity contribution is 0.319. The Kier molecular flexibility index (Phi) is 6.64. The minimum Gasteiger partial charge on any atom is -0.507 e. The molecule has 5 N–H and O–H groups in total. The van der Waals surface area contributed by atoms with Gasteiger partial charge in [0, 0.05) is 28.4 Å². The van der Waals surface area contributed by atoms with Gasteiger partial charge in [-0.2, -0.15) is 0 Å². The number of fused-ring (bicyclic) bond motifs is 1. The number of aromatic nitrogens is 3. The van der Waals surface area contributed by atoms with Gasteiger partial charge in [0.1, 0.15) is 23.4 Å². The first kappa shape index (κ1) is 24.1. The second-order valence-corrected chi connectivity index (χ2v) is 8.69. The molecule has 37 heavy (non-hydrogen) atoms. The normalized spacial score (nSPS) is 12.0. The van der Waals surface area contributed by atoms with Crippen molar-refractivity contribution in [3.05, 3.63) is 95.8 Å². The molecule has 7 nitrogen and oxygen atoms in total. The number of aromatic hydroxyl groups is 1. The van der Waals surface area contributed by atoms with Crippen molar-refractivity contribution in [3.63, 3.8) is 0 Å². The van der Waals surface area contributed by atoms with Gasteiger partial charge in [0.2, 0.25) is 0 Å². The van der Waals surface area contributed by atoms with E-state index in [2.05, 4.69) is 20.3 Å². The first-order chi connectivity index (χ1) is 18.0. The van der Waals surface area contributed by atoms with Crippen LogP contribution in [0, 0.1) is 5.82 Å². The number of hydrogen-bond acceptors (Lipinski definition) is 6. The zero-order valence-corrected chi connectivity index (χ0v) is 20.6. The molecule has 0 aliphatic heterocycles. The SMILES string of the molecule is CCOc1cc(CC)cc(C(Nc2ccc3c(N)nccc3c2)c2ncc(-c3ccccc3O)[nH]2)c1F. The van der Waals surface area contributed by atoms with Gasteiger partial charge in [-0.05, 0) is 66.8 Å². The number of benzene rings is 3. The van der Waals surface area contributed by atoms with Gasteiger partial charge in [-0.3, -0.25) is 0 Å². The quantitative estimate of drug-likeness (QED) is 0.203. The number of pyridine rings is 1. The van der Waals surface area contributed by atoms with Crippen LogP contribution < -0.4 is 15.8 Å². The van der Waals surface area contributed by atoms with Crippen molar-refractivity contribution in [1.29, 1.82) is 0 Å². The highest BCUT2D eigenvalue weighted by Gasteiger charge is 2.25. The monoisotopic (exact) mass is 497 g/mol. The van der Waals surface area contributed by atoms with Gasteiger partial charge in [0.25, 0.3) is 0 Å². The van der Waals surface area contributed by atoms with Crippen LogP contribution in [0.5, 0.6) is 11.5 Å². The van der Waals surface area contributed by atoms with Crippen LogP contribution >= 0.6 is 0 Å². The summed E-state index contributed by atoms with van der Waals surface area (Å²) in [6.45, 7) is 4.19. The standard InChI is InChI=1S/C29H28FN5O2/c1-3-17-13-22(26(30)25(14-17)37-4-2)27(29-33-16-23(35-29)21-7-5-6-8-24(21)36)34-19-9-10-20-18(15-19)11-12-32-28(20)31/h5-16,27,34,36H,3-4H2,1-2H3,(H2,31,32)(H,33,35). The van der Waals surface area contributed by atoms with Crippen LogP contribution in [0.25, 0.3) is 22.0 Å². The average molecular weight is 498 g/mol. The predicted molar refractivity (Wildman–Crippen MR) is 144 cm³/mol. The van der Waals surface area contributed by atoms with E-state index >= 15 is 4.39 Å².